The molecule has 0 spiro atoms. The van der Waals surface area contributed by atoms with E-state index in [1.165, 1.54) is 12.8 Å². The topological polar surface area (TPSA) is 123 Å². The average molecular weight is 510 g/mol. The molecule has 0 bridgehead atoms. The summed E-state index contributed by atoms with van der Waals surface area (Å²) in [6.07, 6.45) is 12.4. The van der Waals surface area contributed by atoms with Crippen LogP contribution in [-0.4, -0.2) is 49.0 Å². The number of carbonyl (C=O) groups excluding carboxylic acids is 4. The lowest BCUT2D eigenvalue weighted by molar-refractivity contribution is -0.148. The van der Waals surface area contributed by atoms with Crippen molar-refractivity contribution in [2.24, 2.45) is 17.8 Å². The summed E-state index contributed by atoms with van der Waals surface area (Å²) in [5, 5.41) is 5.34. The summed E-state index contributed by atoms with van der Waals surface area (Å²) in [5.41, 5.74) is 2.26. The Morgan fingerprint density at radius 2 is 1.42 bits per heavy atom. The molecular weight excluding hydrogens is 462 g/mol. The Kier molecular flexibility index (Phi) is 13.8. The van der Waals surface area contributed by atoms with Crippen molar-refractivity contribution in [3.05, 3.63) is 0 Å². The van der Waals surface area contributed by atoms with E-state index in [1.54, 1.807) is 13.8 Å². The number of ketones is 1. The summed E-state index contributed by atoms with van der Waals surface area (Å²) >= 11 is 0. The van der Waals surface area contributed by atoms with E-state index in [-0.39, 0.29) is 5.92 Å². The van der Waals surface area contributed by atoms with Gasteiger partial charge in [-0.2, -0.15) is 0 Å². The molecule has 0 aromatic heterocycles. The monoisotopic (exact) mass is 509 g/mol. The molecule has 0 aliphatic heterocycles. The molecule has 36 heavy (non-hydrogen) atoms. The average Bonchev–Trinajstić information content (AvgIpc) is 2.88. The summed E-state index contributed by atoms with van der Waals surface area (Å²) < 4.78 is 5.38. The van der Waals surface area contributed by atoms with Crippen LogP contribution >= 0.6 is 0 Å². The van der Waals surface area contributed by atoms with Gasteiger partial charge in [-0.05, 0) is 49.9 Å². The Morgan fingerprint density at radius 1 is 0.833 bits per heavy atom. The molecule has 2 aliphatic rings. The maximum atomic E-state index is 13.1. The smallest absolute Gasteiger partial charge is 0.407 e. The highest BCUT2D eigenvalue weighted by molar-refractivity contribution is 6.38. The van der Waals surface area contributed by atoms with Crippen LogP contribution in [-0.2, 0) is 24.0 Å². The molecule has 0 saturated heterocycles. The van der Waals surface area contributed by atoms with Gasteiger partial charge in [0.1, 0.15) is 6.04 Å². The number of amides is 3. The molecule has 0 aromatic carbocycles. The lowest BCUT2D eigenvalue weighted by Crippen LogP contribution is -2.55. The first-order valence-corrected chi connectivity index (χ1v) is 14.0. The molecule has 0 aromatic rings. The van der Waals surface area contributed by atoms with Gasteiger partial charge >= 0.3 is 12.0 Å². The van der Waals surface area contributed by atoms with Crippen molar-refractivity contribution in [1.29, 1.82) is 0 Å². The largest absolute Gasteiger partial charge is 0.449 e. The van der Waals surface area contributed by atoms with Crippen LogP contribution in [0.5, 0.6) is 0 Å². The first kappa shape index (κ1) is 30.1. The third-order valence-electron chi connectivity index (χ3n) is 7.31. The second-order valence-electron chi connectivity index (χ2n) is 10.8. The zero-order chi connectivity index (χ0) is 26.3. The number of Topliss-reactive ketones (excluding diaryl/α,β-unsaturated/α-hetero) is 1. The van der Waals surface area contributed by atoms with E-state index in [0.717, 1.165) is 57.8 Å². The van der Waals surface area contributed by atoms with Crippen LogP contribution in [0.1, 0.15) is 104 Å². The Morgan fingerprint density at radius 3 is 1.97 bits per heavy atom. The number of hydrogen-bond acceptors (Lipinski definition) is 6. The van der Waals surface area contributed by atoms with Crippen molar-refractivity contribution in [2.75, 3.05) is 13.2 Å². The predicted octanol–water partition coefficient (Wildman–Crippen LogP) is 4.19. The Labute approximate surface area is 216 Å². The summed E-state index contributed by atoms with van der Waals surface area (Å²) in [6, 6.07) is -1.87. The van der Waals surface area contributed by atoms with Gasteiger partial charge in [0.2, 0.25) is 11.7 Å². The maximum absolute atomic E-state index is 13.1. The van der Waals surface area contributed by atoms with Crippen LogP contribution in [0.2, 0.25) is 0 Å². The Bertz CT molecular complexity index is 702. The highest BCUT2D eigenvalue weighted by atomic mass is 16.7. The van der Waals surface area contributed by atoms with Crippen molar-refractivity contribution >= 4 is 23.7 Å². The molecule has 2 saturated carbocycles. The third-order valence-corrected chi connectivity index (χ3v) is 7.31. The number of hydrogen-bond donors (Lipinski definition) is 3. The van der Waals surface area contributed by atoms with Gasteiger partial charge in [0.05, 0.1) is 19.3 Å². The number of ether oxygens (including phenoxy) is 1. The van der Waals surface area contributed by atoms with Crippen molar-refractivity contribution in [2.45, 2.75) is 116 Å². The van der Waals surface area contributed by atoms with E-state index in [0.29, 0.717) is 37.9 Å². The fraction of sp³-hybridized carbons (Fsp3) is 0.852. The van der Waals surface area contributed by atoms with Gasteiger partial charge in [-0.3, -0.25) is 19.2 Å². The number of rotatable bonds is 14. The second-order valence-corrected chi connectivity index (χ2v) is 10.8. The van der Waals surface area contributed by atoms with E-state index in [9.17, 15) is 19.2 Å². The molecule has 0 radical (unpaired) electrons. The van der Waals surface area contributed by atoms with Gasteiger partial charge in [0.25, 0.3) is 0 Å². The molecule has 3 N–H and O–H groups in total. The third kappa shape index (κ3) is 10.8. The molecule has 2 atom stereocenters. The Balaban J connectivity index is 1.87. The van der Waals surface area contributed by atoms with Gasteiger partial charge in [0, 0.05) is 0 Å². The summed E-state index contributed by atoms with van der Waals surface area (Å²) in [7, 11) is 0. The number of alkyl carbamates (subject to hydrolysis) is 1. The number of hydroxylamine groups is 1. The van der Waals surface area contributed by atoms with E-state index >= 15 is 0 Å². The lowest BCUT2D eigenvalue weighted by atomic mass is 9.90. The Hall–Kier alpha value is -2.16. The molecule has 2 fully saturated rings. The highest BCUT2D eigenvalue weighted by Gasteiger charge is 2.32. The van der Waals surface area contributed by atoms with Gasteiger partial charge < -0.3 is 15.4 Å². The van der Waals surface area contributed by atoms with E-state index in [4.69, 9.17) is 9.57 Å². The number of nitrogens with one attached hydrogen (secondary N) is 3. The van der Waals surface area contributed by atoms with Gasteiger partial charge in [0.15, 0.2) is 0 Å². The minimum Gasteiger partial charge on any atom is -0.449 e. The summed E-state index contributed by atoms with van der Waals surface area (Å²) in [4.78, 5) is 56.1. The minimum atomic E-state index is -0.989. The molecule has 3 amide bonds. The number of carbonyl (C=O) groups is 4. The molecule has 9 heteroatoms. The van der Waals surface area contributed by atoms with Crippen LogP contribution in [0.4, 0.5) is 4.79 Å². The molecular formula is C27H47N3O6. The van der Waals surface area contributed by atoms with Crippen LogP contribution < -0.4 is 16.1 Å². The van der Waals surface area contributed by atoms with Gasteiger partial charge in [-0.25, -0.2) is 10.3 Å². The number of unbranched alkanes of at least 4 members (excludes halogenated alkanes) is 1. The molecule has 2 rings (SSSR count). The zero-order valence-corrected chi connectivity index (χ0v) is 22.4. The van der Waals surface area contributed by atoms with Crippen LogP contribution in [0.3, 0.4) is 0 Å². The molecule has 206 valence electrons. The lowest BCUT2D eigenvalue weighted by Gasteiger charge is -2.26. The minimum absolute atomic E-state index is 0.234. The van der Waals surface area contributed by atoms with Crippen LogP contribution in [0.25, 0.3) is 0 Å². The van der Waals surface area contributed by atoms with Crippen LogP contribution in [0.15, 0.2) is 0 Å². The zero-order valence-electron chi connectivity index (χ0n) is 22.4. The van der Waals surface area contributed by atoms with Crippen molar-refractivity contribution < 1.29 is 28.8 Å². The normalized spacial score (nSPS) is 18.8. The predicted molar refractivity (Wildman–Crippen MR) is 137 cm³/mol. The second kappa shape index (κ2) is 16.6. The van der Waals surface area contributed by atoms with Crippen molar-refractivity contribution in [3.63, 3.8) is 0 Å². The first-order valence-electron chi connectivity index (χ1n) is 14.0. The molecule has 2 aliphatic carbocycles. The first-order chi connectivity index (χ1) is 17.3. The van der Waals surface area contributed by atoms with E-state index in [1.807, 2.05) is 6.92 Å². The standard InChI is InChI=1S/C27H47N3O6/c1-4-5-16-22(24(31)26(33)30-36-18-21-14-10-7-11-15-21)28-25(32)23(19(2)3)29-27(34)35-17-20-12-8-6-9-13-20/h19-23H,4-18H2,1-3H3,(H,28,32)(H,29,34)(H,30,33)/t22-,23-/m0/s1. The fourth-order valence-corrected chi connectivity index (χ4v) is 4.98. The SMILES string of the molecule is CCCC[C@H](NC(=O)[C@@H](NC(=O)OCC1CCCCC1)C(C)C)C(=O)C(=O)NOCC1CCCCC1. The summed E-state index contributed by atoms with van der Waals surface area (Å²) in [6.45, 7) is 6.31. The molecule has 9 nitrogen and oxygen atoms in total. The fourth-order valence-electron chi connectivity index (χ4n) is 4.98. The van der Waals surface area contributed by atoms with E-state index < -0.39 is 35.8 Å². The van der Waals surface area contributed by atoms with Gasteiger partial charge in [-0.15, -0.1) is 0 Å². The van der Waals surface area contributed by atoms with Crippen molar-refractivity contribution in [3.8, 4) is 0 Å². The van der Waals surface area contributed by atoms with E-state index in [2.05, 4.69) is 16.1 Å². The summed E-state index contributed by atoms with van der Waals surface area (Å²) in [5.74, 6) is -1.60. The van der Waals surface area contributed by atoms with Crippen LogP contribution in [0, 0.1) is 17.8 Å². The molecule has 0 heterocycles. The maximum Gasteiger partial charge on any atom is 0.407 e. The quantitative estimate of drug-likeness (QED) is 0.238. The van der Waals surface area contributed by atoms with Gasteiger partial charge in [-0.1, -0.05) is 72.1 Å². The van der Waals surface area contributed by atoms with Crippen molar-refractivity contribution in [1.82, 2.24) is 16.1 Å². The molecule has 0 unspecified atom stereocenters. The highest BCUT2D eigenvalue weighted by Crippen LogP contribution is 2.24.